The predicted molar refractivity (Wildman–Crippen MR) is 153 cm³/mol. The van der Waals surface area contributed by atoms with E-state index in [9.17, 15) is 19.2 Å². The second kappa shape index (κ2) is 17.0. The number of ether oxygens (including phenoxy) is 4. The highest BCUT2D eigenvalue weighted by Crippen LogP contribution is 2.31. The summed E-state index contributed by atoms with van der Waals surface area (Å²) in [6.07, 6.45) is 0.961. The first-order valence-corrected chi connectivity index (χ1v) is 14.3. The Kier molecular flexibility index (Phi) is 14.9. The minimum Gasteiger partial charge on any atom is -0.468 e. The summed E-state index contributed by atoms with van der Waals surface area (Å²) in [4.78, 5) is 50.1. The third kappa shape index (κ3) is 11.7. The number of benzene rings is 1. The molecule has 1 rings (SSSR count). The maximum atomic E-state index is 12.8. The van der Waals surface area contributed by atoms with Crippen molar-refractivity contribution in [3.8, 4) is 11.5 Å². The molecule has 0 amide bonds. The zero-order valence-corrected chi connectivity index (χ0v) is 25.9. The van der Waals surface area contributed by atoms with E-state index in [1.165, 1.54) is 7.11 Å². The average molecular weight is 564 g/mol. The molecule has 1 N–H and O–H groups in total. The van der Waals surface area contributed by atoms with Crippen LogP contribution in [-0.4, -0.2) is 49.7 Å². The molecule has 0 radical (unpaired) electrons. The number of methoxy groups -OCH3 is 1. The number of nitrogens with one attached hydrogen (secondary N) is 1. The van der Waals surface area contributed by atoms with Crippen molar-refractivity contribution in [3.63, 3.8) is 0 Å². The minimum atomic E-state index is -0.756. The highest BCUT2D eigenvalue weighted by molar-refractivity contribution is 5.79. The van der Waals surface area contributed by atoms with E-state index in [0.29, 0.717) is 12.0 Å². The van der Waals surface area contributed by atoms with Crippen LogP contribution in [0.1, 0.15) is 80.7 Å². The van der Waals surface area contributed by atoms with Crippen LogP contribution in [0, 0.1) is 29.6 Å². The summed E-state index contributed by atoms with van der Waals surface area (Å²) in [6.45, 7) is 17.2. The molecule has 0 aliphatic rings. The zero-order chi connectivity index (χ0) is 30.6. The van der Waals surface area contributed by atoms with Crippen molar-refractivity contribution in [2.24, 2.45) is 29.6 Å². The van der Waals surface area contributed by atoms with Gasteiger partial charge in [0.15, 0.2) is 11.5 Å². The Morgan fingerprint density at radius 2 is 1.35 bits per heavy atom. The van der Waals surface area contributed by atoms with Crippen LogP contribution in [0.2, 0.25) is 0 Å². The molecule has 0 saturated heterocycles. The SMILES string of the molecule is CCC(C)CC(=O)OC(C)CN[C@@H](Cc1ccc(OC(=O)C(C)C(C)C)c(OC(=O)C(C)C(C)C)c1)C(=O)OC. The quantitative estimate of drug-likeness (QED) is 0.216. The first-order valence-electron chi connectivity index (χ1n) is 14.3. The van der Waals surface area contributed by atoms with Crippen molar-refractivity contribution >= 4 is 23.9 Å². The highest BCUT2D eigenvalue weighted by atomic mass is 16.6. The van der Waals surface area contributed by atoms with Gasteiger partial charge in [-0.15, -0.1) is 0 Å². The Morgan fingerprint density at radius 1 is 0.800 bits per heavy atom. The second-order valence-corrected chi connectivity index (χ2v) is 11.4. The lowest BCUT2D eigenvalue weighted by molar-refractivity contribution is -0.149. The van der Waals surface area contributed by atoms with Crippen LogP contribution in [0.3, 0.4) is 0 Å². The number of rotatable bonds is 16. The second-order valence-electron chi connectivity index (χ2n) is 11.4. The lowest BCUT2D eigenvalue weighted by Crippen LogP contribution is -2.43. The van der Waals surface area contributed by atoms with Gasteiger partial charge >= 0.3 is 23.9 Å². The standard InChI is InChI=1S/C31H49NO8/c1-11-20(6)14-28(33)38-21(7)17-32-25(31(36)37-10)15-24-12-13-26(39-29(34)22(8)18(2)3)27(16-24)40-30(35)23(9)19(4)5/h12-13,16,18-23,25,32H,11,14-15,17H2,1-10H3/t20?,21?,22?,23?,25-/m0/s1. The number of hydrogen-bond donors (Lipinski definition) is 1. The monoisotopic (exact) mass is 563 g/mol. The van der Waals surface area contributed by atoms with Crippen molar-refractivity contribution in [3.05, 3.63) is 23.8 Å². The average Bonchev–Trinajstić information content (AvgIpc) is 2.90. The molecule has 0 saturated carbocycles. The van der Waals surface area contributed by atoms with Gasteiger partial charge in [0.25, 0.3) is 0 Å². The van der Waals surface area contributed by atoms with Crippen LogP contribution in [0.5, 0.6) is 11.5 Å². The molecule has 1 aromatic carbocycles. The Hall–Kier alpha value is -2.94. The number of esters is 4. The molecule has 226 valence electrons. The normalized spacial score (nSPS) is 15.1. The third-order valence-electron chi connectivity index (χ3n) is 7.29. The Labute approximate surface area is 239 Å². The molecule has 0 bridgehead atoms. The molecule has 9 heteroatoms. The predicted octanol–water partition coefficient (Wildman–Crippen LogP) is 5.12. The molecule has 0 spiro atoms. The van der Waals surface area contributed by atoms with Gasteiger partial charge in [0.2, 0.25) is 0 Å². The maximum Gasteiger partial charge on any atom is 0.323 e. The first kappa shape index (κ1) is 35.1. The van der Waals surface area contributed by atoms with Crippen molar-refractivity contribution in [1.82, 2.24) is 5.32 Å². The fourth-order valence-electron chi connectivity index (χ4n) is 3.46. The molecule has 40 heavy (non-hydrogen) atoms. The van der Waals surface area contributed by atoms with Gasteiger partial charge < -0.3 is 24.3 Å². The van der Waals surface area contributed by atoms with Gasteiger partial charge in [-0.3, -0.25) is 19.2 Å². The van der Waals surface area contributed by atoms with E-state index >= 15 is 0 Å². The van der Waals surface area contributed by atoms with Crippen LogP contribution < -0.4 is 14.8 Å². The van der Waals surface area contributed by atoms with Crippen LogP contribution in [0.4, 0.5) is 0 Å². The van der Waals surface area contributed by atoms with Crippen LogP contribution >= 0.6 is 0 Å². The molecule has 4 unspecified atom stereocenters. The van der Waals surface area contributed by atoms with E-state index in [4.69, 9.17) is 18.9 Å². The van der Waals surface area contributed by atoms with E-state index < -0.39 is 30.1 Å². The first-order chi connectivity index (χ1) is 18.7. The van der Waals surface area contributed by atoms with Gasteiger partial charge in [-0.2, -0.15) is 0 Å². The van der Waals surface area contributed by atoms with E-state index in [1.807, 2.05) is 41.5 Å². The summed E-state index contributed by atoms with van der Waals surface area (Å²) in [5.41, 5.74) is 0.654. The van der Waals surface area contributed by atoms with E-state index in [1.54, 1.807) is 39.0 Å². The van der Waals surface area contributed by atoms with Gasteiger partial charge in [-0.25, -0.2) is 0 Å². The van der Waals surface area contributed by atoms with Crippen LogP contribution in [0.15, 0.2) is 18.2 Å². The van der Waals surface area contributed by atoms with Gasteiger partial charge in [0.05, 0.1) is 18.9 Å². The van der Waals surface area contributed by atoms with Gasteiger partial charge in [-0.1, -0.05) is 67.9 Å². The number of carbonyl (C=O) groups is 4. The molecule has 0 fully saturated rings. The summed E-state index contributed by atoms with van der Waals surface area (Å²) in [5, 5.41) is 3.11. The van der Waals surface area contributed by atoms with Crippen molar-refractivity contribution in [2.75, 3.05) is 13.7 Å². The molecule has 5 atom stereocenters. The fraction of sp³-hybridized carbons (Fsp3) is 0.677. The molecular weight excluding hydrogens is 514 g/mol. The Bertz CT molecular complexity index is 990. The Morgan fingerprint density at radius 3 is 1.85 bits per heavy atom. The van der Waals surface area contributed by atoms with E-state index in [-0.39, 0.29) is 60.0 Å². The van der Waals surface area contributed by atoms with Gasteiger partial charge in [0.1, 0.15) is 12.1 Å². The molecule has 0 aliphatic carbocycles. The number of carbonyl (C=O) groups excluding carboxylic acids is 4. The van der Waals surface area contributed by atoms with E-state index in [2.05, 4.69) is 5.32 Å². The van der Waals surface area contributed by atoms with Gasteiger partial charge in [-0.05, 0) is 48.8 Å². The lowest BCUT2D eigenvalue weighted by atomic mass is 9.98. The Balaban J connectivity index is 3.13. The summed E-state index contributed by atoms with van der Waals surface area (Å²) >= 11 is 0. The topological polar surface area (TPSA) is 117 Å². The molecule has 0 aromatic heterocycles. The van der Waals surface area contributed by atoms with Crippen molar-refractivity contribution in [1.29, 1.82) is 0 Å². The third-order valence-corrected chi connectivity index (χ3v) is 7.29. The summed E-state index contributed by atoms with van der Waals surface area (Å²) in [7, 11) is 1.30. The molecule has 9 nitrogen and oxygen atoms in total. The fourth-order valence-corrected chi connectivity index (χ4v) is 3.46. The summed E-state index contributed by atoms with van der Waals surface area (Å²) in [5.74, 6) is -1.78. The zero-order valence-electron chi connectivity index (χ0n) is 25.9. The minimum absolute atomic E-state index is 0.0526. The largest absolute Gasteiger partial charge is 0.468 e. The van der Waals surface area contributed by atoms with Crippen molar-refractivity contribution < 1.29 is 38.1 Å². The van der Waals surface area contributed by atoms with Crippen LogP contribution in [-0.2, 0) is 35.1 Å². The van der Waals surface area contributed by atoms with Gasteiger partial charge in [0, 0.05) is 13.0 Å². The number of hydrogen-bond acceptors (Lipinski definition) is 9. The molecule has 0 heterocycles. The molecule has 1 aromatic rings. The maximum absolute atomic E-state index is 12.8. The molecule has 0 aliphatic heterocycles. The highest BCUT2D eigenvalue weighted by Gasteiger charge is 2.26. The summed E-state index contributed by atoms with van der Waals surface area (Å²) in [6, 6.07) is 4.12. The van der Waals surface area contributed by atoms with Crippen molar-refractivity contribution in [2.45, 2.75) is 93.7 Å². The summed E-state index contributed by atoms with van der Waals surface area (Å²) < 4.78 is 21.8. The van der Waals surface area contributed by atoms with E-state index in [0.717, 1.165) is 6.42 Å². The smallest absolute Gasteiger partial charge is 0.323 e. The molecular formula is C31H49NO8. The van der Waals surface area contributed by atoms with Crippen LogP contribution in [0.25, 0.3) is 0 Å². The lowest BCUT2D eigenvalue weighted by Gasteiger charge is -2.21.